The number of carbonyl (C=O) groups is 2. The Morgan fingerprint density at radius 3 is 2.08 bits per heavy atom. The summed E-state index contributed by atoms with van der Waals surface area (Å²) in [6.45, 7) is 2.49. The van der Waals surface area contributed by atoms with E-state index in [1.807, 2.05) is 9.80 Å². The summed E-state index contributed by atoms with van der Waals surface area (Å²) in [6.07, 6.45) is 5.12. The fourth-order valence-corrected chi connectivity index (χ4v) is 3.99. The van der Waals surface area contributed by atoms with Gasteiger partial charge in [-0.1, -0.05) is 18.9 Å². The fraction of sp³-hybridized carbons (Fsp3) is 0.600. The van der Waals surface area contributed by atoms with Crippen molar-refractivity contribution in [2.24, 2.45) is 5.92 Å². The molecule has 2 amide bonds. The molecular formula is C20H28N2O4. The van der Waals surface area contributed by atoms with Crippen molar-refractivity contribution in [3.8, 4) is 11.5 Å². The van der Waals surface area contributed by atoms with Gasteiger partial charge in [-0.2, -0.15) is 0 Å². The molecule has 1 saturated carbocycles. The van der Waals surface area contributed by atoms with E-state index in [9.17, 15) is 9.59 Å². The molecule has 142 valence electrons. The average molecular weight is 360 g/mol. The minimum Gasteiger partial charge on any atom is -0.496 e. The lowest BCUT2D eigenvalue weighted by Gasteiger charge is -2.25. The molecule has 0 radical (unpaired) electrons. The first kappa shape index (κ1) is 18.5. The standard InChI is InChI=1S/C20H28N2O4/c1-25-16-9-5-10-17(26-2)18(16)20(24)22-12-6-11-21(13-14-22)19(23)15-7-3-4-8-15/h5,9-10,15H,3-4,6-8,11-14H2,1-2H3. The van der Waals surface area contributed by atoms with Crippen molar-refractivity contribution in [3.05, 3.63) is 23.8 Å². The number of hydrogen-bond acceptors (Lipinski definition) is 4. The zero-order chi connectivity index (χ0) is 18.5. The molecule has 3 rings (SSSR count). The number of rotatable bonds is 4. The molecule has 1 aliphatic carbocycles. The quantitative estimate of drug-likeness (QED) is 0.828. The smallest absolute Gasteiger partial charge is 0.261 e. The van der Waals surface area contributed by atoms with Crippen LogP contribution in [-0.2, 0) is 4.79 Å². The highest BCUT2D eigenvalue weighted by Crippen LogP contribution is 2.30. The number of nitrogens with zero attached hydrogens (tertiary/aromatic N) is 2. The molecule has 1 aromatic rings. The van der Waals surface area contributed by atoms with E-state index in [-0.39, 0.29) is 17.7 Å². The van der Waals surface area contributed by atoms with Gasteiger partial charge < -0.3 is 19.3 Å². The molecule has 6 heteroatoms. The molecule has 1 saturated heterocycles. The number of benzene rings is 1. The molecular weight excluding hydrogens is 332 g/mol. The zero-order valence-corrected chi connectivity index (χ0v) is 15.7. The normalized spacial score (nSPS) is 18.5. The maximum absolute atomic E-state index is 13.1. The second kappa shape index (κ2) is 8.43. The lowest BCUT2D eigenvalue weighted by molar-refractivity contribution is -0.135. The van der Waals surface area contributed by atoms with Gasteiger partial charge >= 0.3 is 0 Å². The van der Waals surface area contributed by atoms with Crippen molar-refractivity contribution >= 4 is 11.8 Å². The second-order valence-corrected chi connectivity index (χ2v) is 6.99. The number of carbonyl (C=O) groups excluding carboxylic acids is 2. The Morgan fingerprint density at radius 1 is 0.885 bits per heavy atom. The van der Waals surface area contributed by atoms with Crippen LogP contribution >= 0.6 is 0 Å². The minimum absolute atomic E-state index is 0.102. The predicted octanol–water partition coefficient (Wildman–Crippen LogP) is 2.57. The van der Waals surface area contributed by atoms with Crippen molar-refractivity contribution in [1.82, 2.24) is 9.80 Å². The van der Waals surface area contributed by atoms with Gasteiger partial charge in [-0.05, 0) is 31.4 Å². The van der Waals surface area contributed by atoms with E-state index in [1.165, 1.54) is 0 Å². The molecule has 1 aromatic carbocycles. The molecule has 0 atom stereocenters. The summed E-state index contributed by atoms with van der Waals surface area (Å²) < 4.78 is 10.7. The van der Waals surface area contributed by atoms with Gasteiger partial charge in [0.15, 0.2) is 0 Å². The summed E-state index contributed by atoms with van der Waals surface area (Å²) >= 11 is 0. The van der Waals surface area contributed by atoms with Gasteiger partial charge in [-0.3, -0.25) is 9.59 Å². The van der Waals surface area contributed by atoms with E-state index >= 15 is 0 Å². The van der Waals surface area contributed by atoms with Gasteiger partial charge in [-0.25, -0.2) is 0 Å². The maximum Gasteiger partial charge on any atom is 0.261 e. The number of hydrogen-bond donors (Lipinski definition) is 0. The van der Waals surface area contributed by atoms with Crippen LogP contribution in [0.5, 0.6) is 11.5 Å². The molecule has 26 heavy (non-hydrogen) atoms. The molecule has 0 unspecified atom stereocenters. The Hall–Kier alpha value is -2.24. The number of amides is 2. The Kier molecular flexibility index (Phi) is 6.01. The van der Waals surface area contributed by atoms with Crippen LogP contribution in [0.25, 0.3) is 0 Å². The van der Waals surface area contributed by atoms with Gasteiger partial charge in [0.05, 0.1) is 14.2 Å². The second-order valence-electron chi connectivity index (χ2n) is 6.99. The summed E-state index contributed by atoms with van der Waals surface area (Å²) in [5.74, 6) is 1.38. The van der Waals surface area contributed by atoms with Gasteiger partial charge in [0.1, 0.15) is 17.1 Å². The van der Waals surface area contributed by atoms with E-state index in [0.29, 0.717) is 36.7 Å². The topological polar surface area (TPSA) is 59.1 Å². The molecule has 6 nitrogen and oxygen atoms in total. The summed E-state index contributed by atoms with van der Waals surface area (Å²) in [6, 6.07) is 5.34. The minimum atomic E-state index is -0.102. The van der Waals surface area contributed by atoms with E-state index in [4.69, 9.17) is 9.47 Å². The van der Waals surface area contributed by atoms with Crippen molar-refractivity contribution < 1.29 is 19.1 Å². The molecule has 0 N–H and O–H groups in total. The third kappa shape index (κ3) is 3.79. The van der Waals surface area contributed by atoms with E-state index in [0.717, 1.165) is 38.6 Å². The van der Waals surface area contributed by atoms with Gasteiger partial charge in [0, 0.05) is 32.1 Å². The van der Waals surface area contributed by atoms with Crippen molar-refractivity contribution in [2.75, 3.05) is 40.4 Å². The highest BCUT2D eigenvalue weighted by atomic mass is 16.5. The molecule has 2 aliphatic rings. The van der Waals surface area contributed by atoms with Crippen LogP contribution in [0, 0.1) is 5.92 Å². The first-order chi connectivity index (χ1) is 12.7. The van der Waals surface area contributed by atoms with Crippen LogP contribution < -0.4 is 9.47 Å². The first-order valence-corrected chi connectivity index (χ1v) is 9.44. The van der Waals surface area contributed by atoms with Crippen LogP contribution in [0.2, 0.25) is 0 Å². The molecule has 2 fully saturated rings. The molecule has 0 bridgehead atoms. The third-order valence-corrected chi connectivity index (χ3v) is 5.44. The largest absolute Gasteiger partial charge is 0.496 e. The van der Waals surface area contributed by atoms with Crippen molar-refractivity contribution in [1.29, 1.82) is 0 Å². The van der Waals surface area contributed by atoms with Crippen molar-refractivity contribution in [3.63, 3.8) is 0 Å². The Labute approximate surface area is 155 Å². The lowest BCUT2D eigenvalue weighted by atomic mass is 10.1. The van der Waals surface area contributed by atoms with Gasteiger partial charge in [-0.15, -0.1) is 0 Å². The molecule has 1 aliphatic heterocycles. The molecule has 0 spiro atoms. The Balaban J connectivity index is 1.71. The van der Waals surface area contributed by atoms with Crippen LogP contribution in [0.1, 0.15) is 42.5 Å². The fourth-order valence-electron chi connectivity index (χ4n) is 3.99. The monoisotopic (exact) mass is 360 g/mol. The summed E-state index contributed by atoms with van der Waals surface area (Å²) in [5.41, 5.74) is 0.452. The molecule has 1 heterocycles. The summed E-state index contributed by atoms with van der Waals surface area (Å²) in [7, 11) is 3.10. The zero-order valence-electron chi connectivity index (χ0n) is 15.7. The maximum atomic E-state index is 13.1. The highest BCUT2D eigenvalue weighted by molar-refractivity contribution is 5.99. The first-order valence-electron chi connectivity index (χ1n) is 9.44. The van der Waals surface area contributed by atoms with E-state index < -0.39 is 0 Å². The summed E-state index contributed by atoms with van der Waals surface area (Å²) in [5, 5.41) is 0. The third-order valence-electron chi connectivity index (χ3n) is 5.44. The average Bonchev–Trinajstić information content (AvgIpc) is 3.10. The van der Waals surface area contributed by atoms with Crippen LogP contribution in [0.4, 0.5) is 0 Å². The van der Waals surface area contributed by atoms with Crippen molar-refractivity contribution in [2.45, 2.75) is 32.1 Å². The van der Waals surface area contributed by atoms with Gasteiger partial charge in [0.25, 0.3) is 5.91 Å². The van der Waals surface area contributed by atoms with E-state index in [1.54, 1.807) is 32.4 Å². The lowest BCUT2D eigenvalue weighted by Crippen LogP contribution is -2.39. The van der Waals surface area contributed by atoms with E-state index in [2.05, 4.69) is 0 Å². The van der Waals surface area contributed by atoms with Crippen LogP contribution in [0.3, 0.4) is 0 Å². The SMILES string of the molecule is COc1cccc(OC)c1C(=O)N1CCCN(C(=O)C2CCCC2)CC1. The molecule has 0 aromatic heterocycles. The summed E-state index contributed by atoms with van der Waals surface area (Å²) in [4.78, 5) is 29.5. The number of ether oxygens (including phenoxy) is 2. The Bertz CT molecular complexity index is 633. The van der Waals surface area contributed by atoms with Crippen LogP contribution in [0.15, 0.2) is 18.2 Å². The van der Waals surface area contributed by atoms with Gasteiger partial charge in [0.2, 0.25) is 5.91 Å². The Morgan fingerprint density at radius 2 is 1.46 bits per heavy atom. The van der Waals surface area contributed by atoms with Crippen LogP contribution in [-0.4, -0.2) is 62.0 Å². The number of methoxy groups -OCH3 is 2. The highest BCUT2D eigenvalue weighted by Gasteiger charge is 2.30. The predicted molar refractivity (Wildman–Crippen MR) is 98.6 cm³/mol.